The molecule has 36 heavy (non-hydrogen) atoms. The number of alkyl halides is 5. The molecule has 2 fully saturated rings. The molecule has 3 heterocycles. The van der Waals surface area contributed by atoms with Crippen LogP contribution in [-0.2, 0) is 16.2 Å². The number of amides is 1. The number of anilines is 2. The van der Waals surface area contributed by atoms with E-state index in [2.05, 4.69) is 27.1 Å². The fourth-order valence-corrected chi connectivity index (χ4v) is 4.02. The summed E-state index contributed by atoms with van der Waals surface area (Å²) in [5, 5.41) is 6.89. The number of aromatic nitrogens is 2. The maximum atomic E-state index is 13.8. The van der Waals surface area contributed by atoms with Crippen LogP contribution in [0.5, 0.6) is 0 Å². The van der Waals surface area contributed by atoms with Gasteiger partial charge in [0.2, 0.25) is 0 Å². The van der Waals surface area contributed by atoms with Crippen molar-refractivity contribution in [2.24, 2.45) is 11.1 Å². The van der Waals surface area contributed by atoms with E-state index in [9.17, 15) is 35.2 Å². The Morgan fingerprint density at radius 3 is 2.44 bits per heavy atom. The average molecular weight is 529 g/mol. The van der Waals surface area contributed by atoms with E-state index in [-0.39, 0.29) is 30.3 Å². The van der Waals surface area contributed by atoms with Gasteiger partial charge < -0.3 is 10.2 Å². The first-order valence-corrected chi connectivity index (χ1v) is 12.3. The molecule has 14 heteroatoms. The Hall–Kier alpha value is -3.31. The van der Waals surface area contributed by atoms with Crippen LogP contribution in [0.2, 0.25) is 0 Å². The van der Waals surface area contributed by atoms with Crippen molar-refractivity contribution in [3.05, 3.63) is 41.2 Å². The maximum absolute atomic E-state index is 13.8. The molecule has 0 bridgehead atoms. The molecule has 1 saturated heterocycles. The van der Waals surface area contributed by atoms with Crippen molar-refractivity contribution >= 4 is 27.4 Å². The summed E-state index contributed by atoms with van der Waals surface area (Å²) in [6.45, 7) is -0.648. The number of nitrogens with one attached hydrogen (secondary N) is 1. The number of piperidine rings is 1. The Kier molecular flexibility index (Phi) is 6.65. The van der Waals surface area contributed by atoms with E-state index in [4.69, 9.17) is 5.14 Å². The Morgan fingerprint density at radius 1 is 1.19 bits per heavy atom. The van der Waals surface area contributed by atoms with E-state index in [1.54, 1.807) is 0 Å². The molecule has 8 nitrogen and oxygen atoms in total. The molecule has 3 N–H and O–H groups in total. The van der Waals surface area contributed by atoms with Crippen LogP contribution in [-0.4, -0.2) is 43.3 Å². The van der Waals surface area contributed by atoms with Crippen molar-refractivity contribution in [2.45, 2.75) is 42.8 Å². The van der Waals surface area contributed by atoms with Gasteiger partial charge in [-0.15, -0.1) is 0 Å². The van der Waals surface area contributed by atoms with Crippen LogP contribution >= 0.6 is 0 Å². The van der Waals surface area contributed by atoms with E-state index in [1.165, 1.54) is 11.0 Å². The number of hydrogen-bond acceptors (Lipinski definition) is 6. The zero-order chi connectivity index (χ0) is 26.3. The van der Waals surface area contributed by atoms with Crippen LogP contribution < -0.4 is 15.4 Å². The zero-order valence-corrected chi connectivity index (χ0v) is 19.4. The molecule has 0 aromatic carbocycles. The second-order valence-corrected chi connectivity index (χ2v) is 10.0. The molecule has 192 valence electrons. The van der Waals surface area contributed by atoms with Crippen molar-refractivity contribution in [3.63, 3.8) is 0 Å². The minimum absolute atomic E-state index is 0.0409. The fourth-order valence-electron chi connectivity index (χ4n) is 3.52. The van der Waals surface area contributed by atoms with Gasteiger partial charge in [-0.2, -0.15) is 13.2 Å². The first kappa shape index (κ1) is 25.8. The van der Waals surface area contributed by atoms with Crippen molar-refractivity contribution in [1.82, 2.24) is 9.97 Å². The largest absolute Gasteiger partial charge is 0.434 e. The second-order valence-electron chi connectivity index (χ2n) is 8.52. The molecule has 1 aliphatic carbocycles. The van der Waals surface area contributed by atoms with E-state index in [0.29, 0.717) is 0 Å². The standard InChI is InChI=1S/C22H20F5N5O3S/c23-21(24)6-9-32(10-7-21)19-16(20(33)30-15-5-8-29-17(12-15)36(28,34)35)11-14(4-3-13-1-2-13)18(31-19)22(25,26)27/h5,8,11-13H,1-2,6-7,9-10H2,(H2,28,34,35)(H,29,30,33). The summed E-state index contributed by atoms with van der Waals surface area (Å²) in [5.74, 6) is 0.780. The minimum Gasteiger partial charge on any atom is -0.355 e. The van der Waals surface area contributed by atoms with Gasteiger partial charge in [-0.05, 0) is 25.0 Å². The number of rotatable bonds is 4. The van der Waals surface area contributed by atoms with Crippen molar-refractivity contribution in [1.29, 1.82) is 0 Å². The molecule has 0 spiro atoms. The van der Waals surface area contributed by atoms with Crippen LogP contribution in [0.25, 0.3) is 0 Å². The van der Waals surface area contributed by atoms with Gasteiger partial charge in [0, 0.05) is 49.8 Å². The van der Waals surface area contributed by atoms with Crippen LogP contribution in [0.3, 0.4) is 0 Å². The number of primary sulfonamides is 1. The zero-order valence-electron chi connectivity index (χ0n) is 18.6. The highest BCUT2D eigenvalue weighted by atomic mass is 32.2. The molecule has 0 radical (unpaired) electrons. The number of pyridine rings is 2. The molecule has 0 atom stereocenters. The third kappa shape index (κ3) is 6.08. The van der Waals surface area contributed by atoms with Crippen molar-refractivity contribution in [3.8, 4) is 11.8 Å². The summed E-state index contributed by atoms with van der Waals surface area (Å²) in [7, 11) is -4.20. The van der Waals surface area contributed by atoms with Gasteiger partial charge in [-0.3, -0.25) is 4.79 Å². The quantitative estimate of drug-likeness (QED) is 0.463. The maximum Gasteiger partial charge on any atom is 0.434 e. The molecule has 1 saturated carbocycles. The summed E-state index contributed by atoms with van der Waals surface area (Å²) < 4.78 is 92.1. The van der Waals surface area contributed by atoms with Crippen LogP contribution in [0.15, 0.2) is 29.4 Å². The fraction of sp³-hybridized carbons (Fsp3) is 0.409. The summed E-state index contributed by atoms with van der Waals surface area (Å²) in [6.07, 6.45) is -3.58. The lowest BCUT2D eigenvalue weighted by Crippen LogP contribution is -2.41. The van der Waals surface area contributed by atoms with E-state index in [1.807, 2.05) is 0 Å². The Bertz CT molecular complexity index is 1350. The predicted molar refractivity (Wildman–Crippen MR) is 119 cm³/mol. The number of carbonyl (C=O) groups excluding carboxylic acids is 1. The first-order valence-electron chi connectivity index (χ1n) is 10.8. The molecule has 4 rings (SSSR count). The molecule has 1 amide bonds. The monoisotopic (exact) mass is 529 g/mol. The van der Waals surface area contributed by atoms with Gasteiger partial charge in [0.25, 0.3) is 21.9 Å². The summed E-state index contributed by atoms with van der Waals surface area (Å²) in [4.78, 5) is 21.7. The summed E-state index contributed by atoms with van der Waals surface area (Å²) >= 11 is 0. The minimum atomic E-state index is -4.91. The van der Waals surface area contributed by atoms with Gasteiger partial charge in [-0.1, -0.05) is 11.8 Å². The van der Waals surface area contributed by atoms with E-state index < -0.39 is 63.0 Å². The van der Waals surface area contributed by atoms with Gasteiger partial charge >= 0.3 is 6.18 Å². The summed E-state index contributed by atoms with van der Waals surface area (Å²) in [6, 6.07) is 3.16. The van der Waals surface area contributed by atoms with Crippen molar-refractivity contribution in [2.75, 3.05) is 23.3 Å². The van der Waals surface area contributed by atoms with Gasteiger partial charge in [0.15, 0.2) is 10.7 Å². The van der Waals surface area contributed by atoms with Crippen LogP contribution in [0.1, 0.15) is 47.3 Å². The van der Waals surface area contributed by atoms with Crippen LogP contribution in [0, 0.1) is 17.8 Å². The van der Waals surface area contributed by atoms with Gasteiger partial charge in [-0.25, -0.2) is 32.3 Å². The average Bonchev–Trinajstić information content (AvgIpc) is 3.61. The Morgan fingerprint density at radius 2 is 1.86 bits per heavy atom. The highest BCUT2D eigenvalue weighted by Crippen LogP contribution is 2.37. The SMILES string of the molecule is NS(=O)(=O)c1cc(NC(=O)c2cc(C#CC3CC3)c(C(F)(F)F)nc2N2CCC(F)(F)CC2)ccn1. The number of nitrogens with zero attached hydrogens (tertiary/aromatic N) is 3. The van der Waals surface area contributed by atoms with Gasteiger partial charge in [0.05, 0.1) is 11.1 Å². The van der Waals surface area contributed by atoms with E-state index in [0.717, 1.165) is 31.2 Å². The second kappa shape index (κ2) is 9.29. The lowest BCUT2D eigenvalue weighted by molar-refractivity contribution is -0.141. The molecule has 0 unspecified atom stereocenters. The lowest BCUT2D eigenvalue weighted by atomic mass is 10.0. The number of carbonyl (C=O) groups is 1. The highest BCUT2D eigenvalue weighted by Gasteiger charge is 2.40. The molecule has 1 aliphatic heterocycles. The normalized spacial score (nSPS) is 17.8. The Balaban J connectivity index is 1.78. The molecular formula is C22H20F5N5O3S. The molecule has 2 aliphatic rings. The highest BCUT2D eigenvalue weighted by molar-refractivity contribution is 7.89. The third-order valence-corrected chi connectivity index (χ3v) is 6.39. The first-order chi connectivity index (χ1) is 16.7. The number of hydrogen-bond donors (Lipinski definition) is 2. The molecule has 2 aromatic rings. The predicted octanol–water partition coefficient (Wildman–Crippen LogP) is 3.39. The van der Waals surface area contributed by atoms with Crippen LogP contribution in [0.4, 0.5) is 33.5 Å². The summed E-state index contributed by atoms with van der Waals surface area (Å²) in [5.41, 5.74) is -2.23. The topological polar surface area (TPSA) is 118 Å². The lowest BCUT2D eigenvalue weighted by Gasteiger charge is -2.34. The molecular weight excluding hydrogens is 509 g/mol. The number of sulfonamides is 1. The van der Waals surface area contributed by atoms with Gasteiger partial charge in [0.1, 0.15) is 5.82 Å². The van der Waals surface area contributed by atoms with E-state index >= 15 is 0 Å². The Labute approximate surface area is 203 Å². The van der Waals surface area contributed by atoms with Crippen molar-refractivity contribution < 1.29 is 35.2 Å². The third-order valence-electron chi connectivity index (χ3n) is 5.58. The number of nitrogens with two attached hydrogens (primary N) is 1. The number of halogens is 5. The smallest absolute Gasteiger partial charge is 0.355 e. The molecule has 2 aromatic heterocycles.